The van der Waals surface area contributed by atoms with Gasteiger partial charge in [0.1, 0.15) is 13.6 Å². The standard InChI is InChI=1S/2C3H8O2/c2*1-4-3-5-2/h2*3H2,1-2H3. The molecule has 0 heterocycles. The molecule has 4 heteroatoms. The molecule has 0 unspecified atom stereocenters. The number of rotatable bonds is 4. The van der Waals surface area contributed by atoms with Gasteiger partial charge in [-0.25, -0.2) is 0 Å². The molecule has 0 rings (SSSR count). The van der Waals surface area contributed by atoms with Crippen LogP contribution in [-0.4, -0.2) is 42.0 Å². The molecule has 4 nitrogen and oxygen atoms in total. The van der Waals surface area contributed by atoms with E-state index in [1.165, 1.54) is 0 Å². The van der Waals surface area contributed by atoms with Gasteiger partial charge in [-0.1, -0.05) is 0 Å². The molecule has 0 fully saturated rings. The van der Waals surface area contributed by atoms with Gasteiger partial charge in [0.15, 0.2) is 0 Å². The fraction of sp³-hybridized carbons (Fsp3) is 1.00. The number of methoxy groups -OCH3 is 4. The van der Waals surface area contributed by atoms with Gasteiger partial charge in [-0.15, -0.1) is 0 Å². The van der Waals surface area contributed by atoms with E-state index in [9.17, 15) is 0 Å². The van der Waals surface area contributed by atoms with E-state index in [-0.39, 0.29) is 0 Å². The summed E-state index contributed by atoms with van der Waals surface area (Å²) in [5.41, 5.74) is 0. The third-order valence-electron chi connectivity index (χ3n) is 0.471. The summed E-state index contributed by atoms with van der Waals surface area (Å²) in [7, 11) is 6.35. The van der Waals surface area contributed by atoms with Crippen molar-refractivity contribution in [2.75, 3.05) is 42.0 Å². The number of hydrogen-bond acceptors (Lipinski definition) is 4. The second-order valence-electron chi connectivity index (χ2n) is 1.39. The molecule has 0 spiro atoms. The molecule has 0 aliphatic carbocycles. The van der Waals surface area contributed by atoms with Gasteiger partial charge < -0.3 is 18.9 Å². The first-order chi connectivity index (χ1) is 4.83. The van der Waals surface area contributed by atoms with Crippen molar-refractivity contribution >= 4 is 0 Å². The van der Waals surface area contributed by atoms with E-state index in [1.807, 2.05) is 0 Å². The zero-order valence-electron chi connectivity index (χ0n) is 7.05. The van der Waals surface area contributed by atoms with Crippen molar-refractivity contribution < 1.29 is 18.9 Å². The molecule has 0 aliphatic heterocycles. The third kappa shape index (κ3) is 24.9. The van der Waals surface area contributed by atoms with E-state index >= 15 is 0 Å². The molecule has 64 valence electrons. The van der Waals surface area contributed by atoms with Gasteiger partial charge in [-0.05, 0) is 0 Å². The van der Waals surface area contributed by atoms with Crippen molar-refractivity contribution in [3.63, 3.8) is 0 Å². The normalized spacial score (nSPS) is 8.40. The lowest BCUT2D eigenvalue weighted by atomic mass is 11.4. The van der Waals surface area contributed by atoms with Crippen LogP contribution in [0.5, 0.6) is 0 Å². The van der Waals surface area contributed by atoms with Crippen molar-refractivity contribution in [3.05, 3.63) is 0 Å². The van der Waals surface area contributed by atoms with Gasteiger partial charge in [0, 0.05) is 28.4 Å². The molecule has 10 heavy (non-hydrogen) atoms. The van der Waals surface area contributed by atoms with Crippen LogP contribution >= 0.6 is 0 Å². The van der Waals surface area contributed by atoms with Crippen molar-refractivity contribution in [2.45, 2.75) is 0 Å². The molecule has 0 saturated carbocycles. The van der Waals surface area contributed by atoms with E-state index in [1.54, 1.807) is 28.4 Å². The molecule has 0 saturated heterocycles. The van der Waals surface area contributed by atoms with Crippen LogP contribution in [-0.2, 0) is 18.9 Å². The maximum Gasteiger partial charge on any atom is 0.145 e. The summed E-state index contributed by atoms with van der Waals surface area (Å²) >= 11 is 0. The first-order valence-electron chi connectivity index (χ1n) is 2.79. The summed E-state index contributed by atoms with van der Waals surface area (Å²) in [6.07, 6.45) is 0. The highest BCUT2D eigenvalue weighted by atomic mass is 16.7. The Morgan fingerprint density at radius 1 is 0.600 bits per heavy atom. The van der Waals surface area contributed by atoms with Crippen molar-refractivity contribution in [3.8, 4) is 0 Å². The molecule has 0 amide bonds. The second kappa shape index (κ2) is 15.9. The van der Waals surface area contributed by atoms with Crippen LogP contribution in [0.1, 0.15) is 0 Å². The lowest BCUT2D eigenvalue weighted by Gasteiger charge is -1.87. The maximum atomic E-state index is 4.47. The summed E-state index contributed by atoms with van der Waals surface area (Å²) in [6, 6.07) is 0. The van der Waals surface area contributed by atoms with Crippen LogP contribution < -0.4 is 0 Å². The maximum absolute atomic E-state index is 4.47. The minimum Gasteiger partial charge on any atom is -0.359 e. The molecular weight excluding hydrogens is 136 g/mol. The van der Waals surface area contributed by atoms with Crippen LogP contribution in [0, 0.1) is 0 Å². The number of hydrogen-bond donors (Lipinski definition) is 0. The van der Waals surface area contributed by atoms with Crippen LogP contribution in [0.3, 0.4) is 0 Å². The van der Waals surface area contributed by atoms with E-state index in [0.29, 0.717) is 13.6 Å². The smallest absolute Gasteiger partial charge is 0.145 e. The highest BCUT2D eigenvalue weighted by Crippen LogP contribution is 1.60. The predicted molar refractivity (Wildman–Crippen MR) is 37.8 cm³/mol. The Labute approximate surface area is 62.0 Å². The quantitative estimate of drug-likeness (QED) is 0.549. The molecule has 0 aromatic carbocycles. The Kier molecular flexibility index (Phi) is 19.9. The molecule has 0 atom stereocenters. The Bertz CT molecular complexity index is 30.7. The van der Waals surface area contributed by atoms with Gasteiger partial charge in [-0.3, -0.25) is 0 Å². The minimum absolute atomic E-state index is 0.389. The van der Waals surface area contributed by atoms with E-state index in [4.69, 9.17) is 0 Å². The van der Waals surface area contributed by atoms with Crippen molar-refractivity contribution in [2.24, 2.45) is 0 Å². The van der Waals surface area contributed by atoms with Gasteiger partial charge in [0.05, 0.1) is 0 Å². The minimum atomic E-state index is 0.389. The molecule has 0 aromatic heterocycles. The van der Waals surface area contributed by atoms with Crippen molar-refractivity contribution in [1.29, 1.82) is 0 Å². The fourth-order valence-corrected chi connectivity index (χ4v) is 0.236. The fourth-order valence-electron chi connectivity index (χ4n) is 0.236. The average Bonchev–Trinajstić information content (AvgIpc) is 1.93. The monoisotopic (exact) mass is 152 g/mol. The average molecular weight is 152 g/mol. The Morgan fingerprint density at radius 3 is 0.800 bits per heavy atom. The van der Waals surface area contributed by atoms with Gasteiger partial charge in [0.2, 0.25) is 0 Å². The number of ether oxygens (including phenoxy) is 4. The molecule has 0 radical (unpaired) electrons. The highest BCUT2D eigenvalue weighted by Gasteiger charge is 1.63. The molecule has 0 aromatic rings. The molecule has 0 bridgehead atoms. The van der Waals surface area contributed by atoms with Gasteiger partial charge in [0.25, 0.3) is 0 Å². The zero-order valence-corrected chi connectivity index (χ0v) is 7.05. The largest absolute Gasteiger partial charge is 0.359 e. The van der Waals surface area contributed by atoms with E-state index in [0.717, 1.165) is 0 Å². The lowest BCUT2D eigenvalue weighted by Crippen LogP contribution is -1.87. The Hall–Kier alpha value is -0.160. The topological polar surface area (TPSA) is 36.9 Å². The summed E-state index contributed by atoms with van der Waals surface area (Å²) in [6.45, 7) is 0.778. The zero-order chi connectivity index (χ0) is 8.24. The van der Waals surface area contributed by atoms with E-state index < -0.39 is 0 Å². The summed E-state index contributed by atoms with van der Waals surface area (Å²) in [5, 5.41) is 0. The second-order valence-corrected chi connectivity index (χ2v) is 1.39. The summed E-state index contributed by atoms with van der Waals surface area (Å²) in [4.78, 5) is 0. The van der Waals surface area contributed by atoms with Gasteiger partial charge >= 0.3 is 0 Å². The van der Waals surface area contributed by atoms with Crippen molar-refractivity contribution in [1.82, 2.24) is 0 Å². The first-order valence-corrected chi connectivity index (χ1v) is 2.79. The summed E-state index contributed by atoms with van der Waals surface area (Å²) in [5.74, 6) is 0. The van der Waals surface area contributed by atoms with E-state index in [2.05, 4.69) is 18.9 Å². The predicted octanol–water partition coefficient (Wildman–Crippen LogP) is 0.473. The Balaban J connectivity index is 0. The van der Waals surface area contributed by atoms with Crippen LogP contribution in [0.25, 0.3) is 0 Å². The third-order valence-corrected chi connectivity index (χ3v) is 0.471. The van der Waals surface area contributed by atoms with Crippen LogP contribution in [0.2, 0.25) is 0 Å². The van der Waals surface area contributed by atoms with Crippen LogP contribution in [0.4, 0.5) is 0 Å². The molecule has 0 aliphatic rings. The van der Waals surface area contributed by atoms with Gasteiger partial charge in [-0.2, -0.15) is 0 Å². The molecule has 0 N–H and O–H groups in total. The summed E-state index contributed by atoms with van der Waals surface area (Å²) < 4.78 is 17.9. The first kappa shape index (κ1) is 12.5. The Morgan fingerprint density at radius 2 is 0.800 bits per heavy atom. The van der Waals surface area contributed by atoms with Crippen LogP contribution in [0.15, 0.2) is 0 Å². The molecular formula is C6H16O4. The SMILES string of the molecule is COCOC.COCOC. The lowest BCUT2D eigenvalue weighted by molar-refractivity contribution is -0.00282. The highest BCUT2D eigenvalue weighted by molar-refractivity contribution is 3.85.